The van der Waals surface area contributed by atoms with Gasteiger partial charge < -0.3 is 4.57 Å². The molecule has 0 amide bonds. The van der Waals surface area contributed by atoms with E-state index >= 15 is 0 Å². The largest absolute Gasteiger partial charge is 0.309 e. The number of fused-ring (bicyclic) bond motifs is 9. The lowest BCUT2D eigenvalue weighted by Crippen LogP contribution is -2.07. The quantitative estimate of drug-likeness (QED) is 0.153. The van der Waals surface area contributed by atoms with Crippen molar-refractivity contribution in [2.75, 3.05) is 0 Å². The van der Waals surface area contributed by atoms with Crippen LogP contribution in [0.5, 0.6) is 0 Å². The molecular weight excluding hydrogens is 891 g/mol. The predicted octanol–water partition coefficient (Wildman–Crippen LogP) is 17.1. The Morgan fingerprint density at radius 3 is 1.34 bits per heavy atom. The number of para-hydroxylation sites is 3. The van der Waals surface area contributed by atoms with Crippen molar-refractivity contribution >= 4 is 85.1 Å². The highest BCUT2D eigenvalue weighted by Gasteiger charge is 2.33. The molecule has 7 heteroatoms. The van der Waals surface area contributed by atoms with Gasteiger partial charge in [0, 0.05) is 78.1 Å². The van der Waals surface area contributed by atoms with Crippen LogP contribution in [0.4, 0.5) is 0 Å². The van der Waals surface area contributed by atoms with E-state index in [-0.39, 0.29) is 0 Å². The Balaban J connectivity index is 0.981. The van der Waals surface area contributed by atoms with E-state index in [1.54, 1.807) is 11.3 Å². The molecule has 4 heterocycles. The van der Waals surface area contributed by atoms with Gasteiger partial charge in [-0.1, -0.05) is 152 Å². The fraction of sp³-hybridized carbons (Fsp3) is 0. The van der Waals surface area contributed by atoms with Crippen molar-refractivity contribution < 1.29 is 0 Å². The van der Waals surface area contributed by atoms with Crippen molar-refractivity contribution in [3.8, 4) is 34.4 Å². The minimum atomic E-state index is -1.89. The van der Waals surface area contributed by atoms with Crippen LogP contribution in [0.15, 0.2) is 268 Å². The van der Waals surface area contributed by atoms with E-state index in [2.05, 4.69) is 258 Å². The summed E-state index contributed by atoms with van der Waals surface area (Å²) in [5.74, 6) is 1.79. The Labute approximate surface area is 409 Å². The van der Waals surface area contributed by atoms with E-state index in [1.807, 2.05) is 0 Å². The van der Waals surface area contributed by atoms with Gasteiger partial charge in [0.05, 0.1) is 22.1 Å². The molecule has 70 heavy (non-hydrogen) atoms. The normalized spacial score (nSPS) is 12.2. The van der Waals surface area contributed by atoms with E-state index in [0.29, 0.717) is 17.6 Å². The zero-order valence-corrected chi connectivity index (χ0v) is 39.4. The fourth-order valence-corrected chi connectivity index (χ4v) is 15.6. The number of benzene rings is 10. The summed E-state index contributed by atoms with van der Waals surface area (Å²) in [4.78, 5) is 21.2. The minimum absolute atomic E-state index is 0.564. The van der Waals surface area contributed by atoms with Crippen molar-refractivity contribution in [1.82, 2.24) is 24.1 Å². The second-order valence-corrected chi connectivity index (χ2v) is 21.8. The van der Waals surface area contributed by atoms with Crippen LogP contribution in [0.2, 0.25) is 0 Å². The molecule has 0 aliphatic rings. The number of hydrogen-bond acceptors (Lipinski definition) is 4. The third-order valence-electron chi connectivity index (χ3n) is 13.7. The molecule has 0 unspecified atom stereocenters. The lowest BCUT2D eigenvalue weighted by molar-refractivity contribution is 0.953. The molecule has 0 spiro atoms. The smallest absolute Gasteiger partial charge is 0.238 e. The van der Waals surface area contributed by atoms with Crippen LogP contribution in [0, 0.1) is 0 Å². The second kappa shape index (κ2) is 16.3. The summed E-state index contributed by atoms with van der Waals surface area (Å²) >= 11 is 1.80. The molecule has 0 N–H and O–H groups in total. The summed E-state index contributed by atoms with van der Waals surface area (Å²) < 4.78 is 7.06. The van der Waals surface area contributed by atoms with Gasteiger partial charge in [0.25, 0.3) is 0 Å². The highest BCUT2D eigenvalue weighted by molar-refractivity contribution is 8.34. The maximum absolute atomic E-state index is 5.43. The summed E-state index contributed by atoms with van der Waals surface area (Å²) in [6, 6.07) is 89.9. The van der Waals surface area contributed by atoms with Crippen LogP contribution >= 0.6 is 21.4 Å². The number of hydrogen-bond donors (Lipinski definition) is 0. The highest BCUT2D eigenvalue weighted by Crippen LogP contribution is 2.73. The zero-order valence-electron chi connectivity index (χ0n) is 37.7. The van der Waals surface area contributed by atoms with E-state index in [9.17, 15) is 0 Å². The summed E-state index contributed by atoms with van der Waals surface area (Å²) in [6.07, 6.45) is 0. The Morgan fingerprint density at radius 2 is 0.743 bits per heavy atom. The molecule has 0 saturated carbocycles. The van der Waals surface area contributed by atoms with Gasteiger partial charge in [0.15, 0.2) is 11.6 Å². The van der Waals surface area contributed by atoms with Gasteiger partial charge in [-0.3, -0.25) is 4.57 Å². The van der Waals surface area contributed by atoms with Crippen LogP contribution in [0.25, 0.3) is 98.2 Å². The number of rotatable bonds is 8. The monoisotopic (exact) mass is 931 g/mol. The molecule has 0 fully saturated rings. The van der Waals surface area contributed by atoms with Crippen LogP contribution < -0.4 is 0 Å². The van der Waals surface area contributed by atoms with Crippen molar-refractivity contribution in [2.45, 2.75) is 19.6 Å². The fourth-order valence-electron chi connectivity index (χ4n) is 10.6. The van der Waals surface area contributed by atoms with Crippen LogP contribution in [0.3, 0.4) is 0 Å². The highest BCUT2D eigenvalue weighted by atomic mass is 32.3. The van der Waals surface area contributed by atoms with E-state index in [4.69, 9.17) is 15.0 Å². The molecule has 0 radical (unpaired) electrons. The van der Waals surface area contributed by atoms with Gasteiger partial charge >= 0.3 is 0 Å². The Bertz CT molecular complexity index is 4140. The molecule has 5 nitrogen and oxygen atoms in total. The minimum Gasteiger partial charge on any atom is -0.309 e. The van der Waals surface area contributed by atoms with Crippen molar-refractivity contribution in [2.24, 2.45) is 0 Å². The molecule has 4 aromatic heterocycles. The van der Waals surface area contributed by atoms with E-state index < -0.39 is 10.0 Å². The second-order valence-electron chi connectivity index (χ2n) is 17.6. The van der Waals surface area contributed by atoms with Gasteiger partial charge in [0.2, 0.25) is 5.95 Å². The average Bonchev–Trinajstić information content (AvgIpc) is 4.09. The molecule has 0 aliphatic heterocycles. The first-order valence-electron chi connectivity index (χ1n) is 23.5. The van der Waals surface area contributed by atoms with Gasteiger partial charge in [-0.2, -0.15) is 9.97 Å². The first kappa shape index (κ1) is 40.4. The summed E-state index contributed by atoms with van der Waals surface area (Å²) in [7, 11) is -1.89. The van der Waals surface area contributed by atoms with Crippen LogP contribution in [-0.2, 0) is 0 Å². The van der Waals surface area contributed by atoms with Crippen molar-refractivity contribution in [1.29, 1.82) is 0 Å². The Kier molecular flexibility index (Phi) is 9.40. The topological polar surface area (TPSA) is 48.5 Å². The third-order valence-corrected chi connectivity index (χ3v) is 18.8. The molecule has 330 valence electrons. The molecule has 14 aromatic rings. The zero-order chi connectivity index (χ0) is 46.2. The summed E-state index contributed by atoms with van der Waals surface area (Å²) in [6.45, 7) is 0. The van der Waals surface area contributed by atoms with Crippen LogP contribution in [0.1, 0.15) is 0 Å². The molecular formula is C63H41N5S2. The molecule has 0 atom stereocenters. The van der Waals surface area contributed by atoms with E-state index in [0.717, 1.165) is 38.6 Å². The SMILES string of the molecule is c1ccc(S(c2ccccc2)(c2ccccc2)c2ccc(-c3nc(-c4ccc5c(c4)sc4ccccc45)nc(-n4c5ccccc5c5cc(-n6c7ccccc7c7ccccc76)ccc54)n3)cc2)cc1. The number of thiophene rings is 1. The maximum Gasteiger partial charge on any atom is 0.238 e. The summed E-state index contributed by atoms with van der Waals surface area (Å²) in [5, 5.41) is 7.21. The first-order chi connectivity index (χ1) is 34.7. The van der Waals surface area contributed by atoms with Crippen molar-refractivity contribution in [3.05, 3.63) is 249 Å². The van der Waals surface area contributed by atoms with Gasteiger partial charge in [0.1, 0.15) is 0 Å². The molecule has 0 bridgehead atoms. The van der Waals surface area contributed by atoms with Crippen molar-refractivity contribution in [3.63, 3.8) is 0 Å². The van der Waals surface area contributed by atoms with Gasteiger partial charge in [-0.15, -0.1) is 21.4 Å². The molecule has 14 rings (SSSR count). The molecule has 0 aliphatic carbocycles. The number of nitrogens with zero attached hydrogens (tertiary/aromatic N) is 5. The standard InChI is InChI=1S/C63H41N5S2/c1-4-18-45(19-5-1)70(46-20-6-2-7-21-46,47-22-8-3-9-23-47)48-36-32-42(33-37-48)61-64-62(43-34-38-53-52-27-13-17-31-59(52)69-60(53)40-43)66-63(65-61)68-57-30-16-12-26-51(57)54-41-44(35-39-58(54)68)67-55-28-14-10-24-49(55)50-25-11-15-29-56(50)67/h1-41H. The molecule has 10 aromatic carbocycles. The third kappa shape index (κ3) is 6.29. The maximum atomic E-state index is 5.43. The van der Waals surface area contributed by atoms with Gasteiger partial charge in [-0.25, -0.2) is 4.98 Å². The summed E-state index contributed by atoms with van der Waals surface area (Å²) in [5.41, 5.74) is 7.35. The Morgan fingerprint density at radius 1 is 0.300 bits per heavy atom. The number of aromatic nitrogens is 5. The van der Waals surface area contributed by atoms with E-state index in [1.165, 1.54) is 61.6 Å². The lowest BCUT2D eigenvalue weighted by atomic mass is 10.1. The first-order valence-corrected chi connectivity index (χ1v) is 25.9. The Hall–Kier alpha value is -8.62. The predicted molar refractivity (Wildman–Crippen MR) is 292 cm³/mol. The lowest BCUT2D eigenvalue weighted by Gasteiger charge is -2.42. The molecule has 0 saturated heterocycles. The van der Waals surface area contributed by atoms with Crippen LogP contribution in [-0.4, -0.2) is 24.1 Å². The average molecular weight is 932 g/mol. The van der Waals surface area contributed by atoms with Gasteiger partial charge in [-0.05, 0) is 97.1 Å².